The minimum atomic E-state index is -0.934. The lowest BCUT2D eigenvalue weighted by atomic mass is 9.99. The number of amides is 1. The Labute approximate surface area is 189 Å². The largest absolute Gasteiger partial charge is 0.478 e. The molecule has 0 bridgehead atoms. The number of hydrogen-bond acceptors (Lipinski definition) is 4. The molecule has 6 nitrogen and oxygen atoms in total. The third-order valence-electron chi connectivity index (χ3n) is 5.62. The molecule has 5 rings (SSSR count). The Morgan fingerprint density at radius 1 is 0.788 bits per heavy atom. The van der Waals surface area contributed by atoms with Gasteiger partial charge >= 0.3 is 5.97 Å². The molecule has 0 unspecified atom stereocenters. The standard InChI is InChI=1S/C27H20N2O4/c30-26(28-15-19-4-10-25-24(13-19)29-16-33-25)22-9-8-20-5-3-18(12-23(20)14-22)11-17-1-6-21(7-2-17)27(31)32/h1-10,12-14,16H,11,15H2,(H,28,30)(H,31,32). The summed E-state index contributed by atoms with van der Waals surface area (Å²) in [5.74, 6) is -1.08. The summed E-state index contributed by atoms with van der Waals surface area (Å²) in [7, 11) is 0. The minimum absolute atomic E-state index is 0.146. The number of oxazole rings is 1. The van der Waals surface area contributed by atoms with Gasteiger partial charge in [-0.1, -0.05) is 42.5 Å². The molecule has 5 aromatic rings. The summed E-state index contributed by atoms with van der Waals surface area (Å²) in [6.45, 7) is 0.395. The van der Waals surface area contributed by atoms with Crippen molar-refractivity contribution in [1.82, 2.24) is 10.3 Å². The Morgan fingerprint density at radius 2 is 1.52 bits per heavy atom. The highest BCUT2D eigenvalue weighted by molar-refractivity contribution is 5.98. The smallest absolute Gasteiger partial charge is 0.335 e. The van der Waals surface area contributed by atoms with Gasteiger partial charge in [-0.25, -0.2) is 9.78 Å². The first-order valence-electron chi connectivity index (χ1n) is 10.5. The van der Waals surface area contributed by atoms with Crippen molar-refractivity contribution in [3.8, 4) is 0 Å². The maximum atomic E-state index is 12.7. The number of rotatable bonds is 6. The van der Waals surface area contributed by atoms with Crippen LogP contribution < -0.4 is 5.32 Å². The normalized spacial score (nSPS) is 11.0. The van der Waals surface area contributed by atoms with Crippen molar-refractivity contribution in [2.75, 3.05) is 0 Å². The van der Waals surface area contributed by atoms with E-state index in [1.54, 1.807) is 12.1 Å². The van der Waals surface area contributed by atoms with Crippen molar-refractivity contribution in [2.45, 2.75) is 13.0 Å². The molecule has 1 amide bonds. The molecule has 0 aliphatic carbocycles. The van der Waals surface area contributed by atoms with Crippen molar-refractivity contribution < 1.29 is 19.1 Å². The van der Waals surface area contributed by atoms with E-state index in [4.69, 9.17) is 9.52 Å². The number of carbonyl (C=O) groups is 2. The molecule has 0 aliphatic rings. The molecule has 1 aromatic heterocycles. The van der Waals surface area contributed by atoms with Crippen LogP contribution in [0.4, 0.5) is 0 Å². The van der Waals surface area contributed by atoms with Crippen LogP contribution >= 0.6 is 0 Å². The highest BCUT2D eigenvalue weighted by atomic mass is 16.4. The molecular formula is C27H20N2O4. The summed E-state index contributed by atoms with van der Waals surface area (Å²) in [5.41, 5.74) is 5.40. The zero-order chi connectivity index (χ0) is 22.8. The Bertz CT molecular complexity index is 1490. The quantitative estimate of drug-likeness (QED) is 0.382. The zero-order valence-electron chi connectivity index (χ0n) is 17.6. The number of nitrogens with one attached hydrogen (secondary N) is 1. The van der Waals surface area contributed by atoms with E-state index in [9.17, 15) is 9.59 Å². The van der Waals surface area contributed by atoms with Gasteiger partial charge in [-0.3, -0.25) is 4.79 Å². The maximum Gasteiger partial charge on any atom is 0.335 e. The van der Waals surface area contributed by atoms with E-state index in [-0.39, 0.29) is 11.5 Å². The highest BCUT2D eigenvalue weighted by Gasteiger charge is 2.09. The van der Waals surface area contributed by atoms with E-state index in [2.05, 4.69) is 16.4 Å². The first-order valence-corrected chi connectivity index (χ1v) is 10.5. The average molecular weight is 436 g/mol. The fourth-order valence-electron chi connectivity index (χ4n) is 3.85. The Kier molecular flexibility index (Phi) is 5.32. The van der Waals surface area contributed by atoms with Crippen LogP contribution in [0.2, 0.25) is 0 Å². The summed E-state index contributed by atoms with van der Waals surface area (Å²) in [6, 6.07) is 24.3. The number of carboxylic acids is 1. The Hall–Kier alpha value is -4.45. The van der Waals surface area contributed by atoms with E-state index < -0.39 is 5.97 Å². The molecular weight excluding hydrogens is 416 g/mol. The molecule has 6 heteroatoms. The van der Waals surface area contributed by atoms with Gasteiger partial charge in [0.1, 0.15) is 5.52 Å². The lowest BCUT2D eigenvalue weighted by Crippen LogP contribution is -2.22. The van der Waals surface area contributed by atoms with Gasteiger partial charge in [0.05, 0.1) is 5.56 Å². The van der Waals surface area contributed by atoms with E-state index >= 15 is 0 Å². The SMILES string of the molecule is O=C(O)c1ccc(Cc2ccc3ccc(C(=O)NCc4ccc5ocnc5c4)cc3c2)cc1. The molecule has 1 heterocycles. The van der Waals surface area contributed by atoms with E-state index in [1.165, 1.54) is 6.39 Å². The lowest BCUT2D eigenvalue weighted by Gasteiger charge is -2.08. The average Bonchev–Trinajstić information content (AvgIpc) is 3.30. The number of aromatic carboxylic acids is 1. The van der Waals surface area contributed by atoms with Crippen LogP contribution in [0.5, 0.6) is 0 Å². The molecule has 0 saturated carbocycles. The Morgan fingerprint density at radius 3 is 2.33 bits per heavy atom. The van der Waals surface area contributed by atoms with Crippen molar-refractivity contribution >= 4 is 33.7 Å². The van der Waals surface area contributed by atoms with Crippen molar-refractivity contribution in [3.05, 3.63) is 113 Å². The number of benzene rings is 4. The summed E-state index contributed by atoms with van der Waals surface area (Å²) in [6.07, 6.45) is 2.08. The van der Waals surface area contributed by atoms with Crippen LogP contribution in [-0.2, 0) is 13.0 Å². The molecule has 0 spiro atoms. The van der Waals surface area contributed by atoms with Crippen LogP contribution in [0.15, 0.2) is 89.7 Å². The maximum absolute atomic E-state index is 12.7. The number of fused-ring (bicyclic) bond motifs is 2. The molecule has 0 radical (unpaired) electrons. The van der Waals surface area contributed by atoms with E-state index in [1.807, 2.05) is 60.7 Å². The van der Waals surface area contributed by atoms with Crippen molar-refractivity contribution in [3.63, 3.8) is 0 Å². The fourth-order valence-corrected chi connectivity index (χ4v) is 3.85. The van der Waals surface area contributed by atoms with Gasteiger partial charge in [0.25, 0.3) is 5.91 Å². The highest BCUT2D eigenvalue weighted by Crippen LogP contribution is 2.21. The summed E-state index contributed by atoms with van der Waals surface area (Å²) >= 11 is 0. The number of hydrogen-bond donors (Lipinski definition) is 2. The topological polar surface area (TPSA) is 92.4 Å². The van der Waals surface area contributed by atoms with Gasteiger partial charge in [-0.2, -0.15) is 0 Å². The molecule has 162 valence electrons. The molecule has 0 saturated heterocycles. The second-order valence-corrected chi connectivity index (χ2v) is 7.91. The van der Waals surface area contributed by atoms with Gasteiger partial charge < -0.3 is 14.8 Å². The summed E-state index contributed by atoms with van der Waals surface area (Å²) in [5, 5.41) is 14.0. The molecule has 33 heavy (non-hydrogen) atoms. The first-order chi connectivity index (χ1) is 16.0. The zero-order valence-corrected chi connectivity index (χ0v) is 17.6. The number of carbonyl (C=O) groups excluding carboxylic acids is 1. The molecule has 0 fully saturated rings. The molecule has 0 aliphatic heterocycles. The van der Waals surface area contributed by atoms with Gasteiger partial charge in [0.2, 0.25) is 0 Å². The second-order valence-electron chi connectivity index (χ2n) is 7.91. The van der Waals surface area contributed by atoms with Crippen LogP contribution in [0, 0.1) is 0 Å². The third-order valence-corrected chi connectivity index (χ3v) is 5.62. The van der Waals surface area contributed by atoms with Crippen LogP contribution in [0.25, 0.3) is 21.9 Å². The molecule has 0 atom stereocenters. The Balaban J connectivity index is 1.31. The second kappa shape index (κ2) is 8.59. The van der Waals surface area contributed by atoms with E-state index in [0.717, 1.165) is 33.0 Å². The molecule has 4 aromatic carbocycles. The number of nitrogens with zero attached hydrogens (tertiary/aromatic N) is 1. The van der Waals surface area contributed by atoms with Gasteiger partial charge in [0.15, 0.2) is 12.0 Å². The van der Waals surface area contributed by atoms with E-state index in [0.29, 0.717) is 24.1 Å². The monoisotopic (exact) mass is 436 g/mol. The minimum Gasteiger partial charge on any atom is -0.478 e. The fraction of sp³-hybridized carbons (Fsp3) is 0.0741. The first kappa shape index (κ1) is 20.5. The van der Waals surface area contributed by atoms with Crippen molar-refractivity contribution in [2.24, 2.45) is 0 Å². The predicted octanol–water partition coefficient (Wildman–Crippen LogP) is 5.20. The van der Waals surface area contributed by atoms with Crippen LogP contribution in [0.3, 0.4) is 0 Å². The lowest BCUT2D eigenvalue weighted by molar-refractivity contribution is 0.0696. The van der Waals surface area contributed by atoms with Crippen LogP contribution in [0.1, 0.15) is 37.4 Å². The van der Waals surface area contributed by atoms with Crippen LogP contribution in [-0.4, -0.2) is 22.0 Å². The summed E-state index contributed by atoms with van der Waals surface area (Å²) in [4.78, 5) is 27.9. The third kappa shape index (κ3) is 4.45. The number of aromatic nitrogens is 1. The van der Waals surface area contributed by atoms with Gasteiger partial charge in [-0.05, 0) is 70.3 Å². The number of carboxylic acid groups (broad SMARTS) is 1. The predicted molar refractivity (Wildman–Crippen MR) is 125 cm³/mol. The van der Waals surface area contributed by atoms with Crippen molar-refractivity contribution in [1.29, 1.82) is 0 Å². The molecule has 2 N–H and O–H groups in total. The van der Waals surface area contributed by atoms with Gasteiger partial charge in [0, 0.05) is 12.1 Å². The van der Waals surface area contributed by atoms with Gasteiger partial charge in [-0.15, -0.1) is 0 Å². The summed E-state index contributed by atoms with van der Waals surface area (Å²) < 4.78 is 5.25.